The number of carbonyl (C=O) groups is 4. The minimum atomic E-state index is -1.22. The molecule has 2 heterocycles. The summed E-state index contributed by atoms with van der Waals surface area (Å²) in [5, 5.41) is 14.2. The topological polar surface area (TPSA) is 113 Å². The largest absolute Gasteiger partial charge is 0.477 e. The van der Waals surface area contributed by atoms with Gasteiger partial charge in [0.1, 0.15) is 23.7 Å². The number of rotatable bonds is 8. The van der Waals surface area contributed by atoms with Crippen molar-refractivity contribution < 1.29 is 29.0 Å². The van der Waals surface area contributed by atoms with Crippen LogP contribution in [0.15, 0.2) is 70.8 Å². The molecule has 1 saturated heterocycles. The average molecular weight is 499 g/mol. The number of benzene rings is 2. The molecule has 0 aliphatic carbocycles. The van der Waals surface area contributed by atoms with E-state index in [2.05, 4.69) is 5.32 Å². The van der Waals surface area contributed by atoms with E-state index in [0.717, 1.165) is 15.7 Å². The van der Waals surface area contributed by atoms with Crippen LogP contribution in [-0.2, 0) is 23.9 Å². The third-order valence-electron chi connectivity index (χ3n) is 5.31. The molecule has 2 N–H and O–H groups in total. The van der Waals surface area contributed by atoms with Crippen molar-refractivity contribution in [1.29, 1.82) is 0 Å². The van der Waals surface area contributed by atoms with Gasteiger partial charge in [0.15, 0.2) is 0 Å². The van der Waals surface area contributed by atoms with E-state index in [1.54, 1.807) is 6.08 Å². The molecule has 2 aliphatic rings. The first-order chi connectivity index (χ1) is 16.3. The molecule has 2 amide bonds. The van der Waals surface area contributed by atoms with Crippen molar-refractivity contribution in [3.05, 3.63) is 65.9 Å². The van der Waals surface area contributed by atoms with E-state index in [0.29, 0.717) is 11.3 Å². The number of aliphatic carboxylic acids is 1. The molecular weight excluding hydrogens is 476 g/mol. The maximum absolute atomic E-state index is 12.7. The third-order valence-corrected chi connectivity index (χ3v) is 7.61. The van der Waals surface area contributed by atoms with E-state index < -0.39 is 29.3 Å². The molecular formula is C24H22N2O6S2. The van der Waals surface area contributed by atoms with Gasteiger partial charge in [0.2, 0.25) is 5.91 Å². The van der Waals surface area contributed by atoms with Crippen LogP contribution in [0.3, 0.4) is 0 Å². The third kappa shape index (κ3) is 5.13. The van der Waals surface area contributed by atoms with Gasteiger partial charge in [-0.15, -0.1) is 23.5 Å². The number of carboxylic acid groups (broad SMARTS) is 1. The molecule has 176 valence electrons. The second kappa shape index (κ2) is 10.4. The van der Waals surface area contributed by atoms with E-state index >= 15 is 0 Å². The Bertz CT molecular complexity index is 1220. The van der Waals surface area contributed by atoms with Crippen LogP contribution in [0.2, 0.25) is 0 Å². The van der Waals surface area contributed by atoms with Crippen molar-refractivity contribution in [3.8, 4) is 0 Å². The normalized spacial score (nSPS) is 19.7. The van der Waals surface area contributed by atoms with Crippen LogP contribution in [0.25, 0.3) is 10.8 Å². The van der Waals surface area contributed by atoms with Gasteiger partial charge in [-0.05, 0) is 34.6 Å². The zero-order valence-corrected chi connectivity index (χ0v) is 19.9. The predicted octanol–water partition coefficient (Wildman–Crippen LogP) is 2.79. The zero-order chi connectivity index (χ0) is 24.2. The second-order valence-corrected chi connectivity index (χ2v) is 9.79. The van der Waals surface area contributed by atoms with Crippen molar-refractivity contribution in [2.24, 2.45) is 0 Å². The summed E-state index contributed by atoms with van der Waals surface area (Å²) in [6.45, 7) is 1.30. The number of fused-ring (bicyclic) bond motifs is 2. The van der Waals surface area contributed by atoms with Crippen molar-refractivity contribution in [2.75, 3.05) is 18.1 Å². The van der Waals surface area contributed by atoms with E-state index in [9.17, 15) is 24.3 Å². The maximum atomic E-state index is 12.7. The molecule has 10 heteroatoms. The molecule has 0 radical (unpaired) electrons. The molecule has 0 bridgehead atoms. The number of esters is 1. The summed E-state index contributed by atoms with van der Waals surface area (Å²) in [6, 6.07) is 13.2. The Balaban J connectivity index is 1.36. The van der Waals surface area contributed by atoms with E-state index in [1.807, 2.05) is 42.5 Å². The highest BCUT2D eigenvalue weighted by molar-refractivity contribution is 8.00. The number of ether oxygens (including phenoxy) is 1. The van der Waals surface area contributed by atoms with Crippen LogP contribution in [0.4, 0.5) is 0 Å². The summed E-state index contributed by atoms with van der Waals surface area (Å²) in [6.07, 6.45) is 3.09. The number of hydrogen-bond donors (Lipinski definition) is 2. The summed E-state index contributed by atoms with van der Waals surface area (Å²) >= 11 is 2.76. The minimum Gasteiger partial charge on any atom is -0.477 e. The van der Waals surface area contributed by atoms with E-state index in [-0.39, 0.29) is 24.0 Å². The Kier molecular flexibility index (Phi) is 7.28. The lowest BCUT2D eigenvalue weighted by Gasteiger charge is -2.49. The van der Waals surface area contributed by atoms with Crippen molar-refractivity contribution in [1.82, 2.24) is 10.2 Å². The number of nitrogens with one attached hydrogen (secondary N) is 1. The monoisotopic (exact) mass is 498 g/mol. The molecule has 2 aromatic carbocycles. The summed E-state index contributed by atoms with van der Waals surface area (Å²) in [5.74, 6) is -1.90. The minimum absolute atomic E-state index is 0.0152. The van der Waals surface area contributed by atoms with Gasteiger partial charge in [0, 0.05) is 17.6 Å². The maximum Gasteiger partial charge on any atom is 0.352 e. The molecule has 0 spiro atoms. The number of thioether (sulfide) groups is 2. The van der Waals surface area contributed by atoms with Crippen molar-refractivity contribution in [2.45, 2.75) is 23.2 Å². The molecule has 0 aromatic heterocycles. The van der Waals surface area contributed by atoms with Gasteiger partial charge >= 0.3 is 11.9 Å². The lowest BCUT2D eigenvalue weighted by Crippen LogP contribution is -2.70. The summed E-state index contributed by atoms with van der Waals surface area (Å²) in [7, 11) is 0. The number of β-lactam (4-membered cyclic amide) rings is 1. The van der Waals surface area contributed by atoms with E-state index in [4.69, 9.17) is 4.74 Å². The lowest BCUT2D eigenvalue weighted by molar-refractivity contribution is -0.150. The van der Waals surface area contributed by atoms with Gasteiger partial charge < -0.3 is 15.2 Å². The highest BCUT2D eigenvalue weighted by atomic mass is 32.2. The van der Waals surface area contributed by atoms with Crippen molar-refractivity contribution >= 4 is 58.0 Å². The van der Waals surface area contributed by atoms with E-state index in [1.165, 1.54) is 41.4 Å². The zero-order valence-electron chi connectivity index (χ0n) is 18.2. The first-order valence-electron chi connectivity index (χ1n) is 10.5. The molecule has 34 heavy (non-hydrogen) atoms. The van der Waals surface area contributed by atoms with Crippen LogP contribution in [0, 0.1) is 0 Å². The van der Waals surface area contributed by atoms with Crippen LogP contribution in [0.5, 0.6) is 0 Å². The van der Waals surface area contributed by atoms with Crippen LogP contribution >= 0.6 is 23.5 Å². The summed E-state index contributed by atoms with van der Waals surface area (Å²) < 4.78 is 4.82. The molecule has 1 fully saturated rings. The molecule has 0 saturated carbocycles. The summed E-state index contributed by atoms with van der Waals surface area (Å²) in [4.78, 5) is 50.1. The number of amides is 2. The number of carbonyl (C=O) groups excluding carboxylic acids is 3. The van der Waals surface area contributed by atoms with Gasteiger partial charge in [-0.3, -0.25) is 19.3 Å². The molecule has 4 rings (SSSR count). The Morgan fingerprint density at radius 2 is 2.00 bits per heavy atom. The first kappa shape index (κ1) is 23.9. The first-order valence-corrected chi connectivity index (χ1v) is 12.5. The summed E-state index contributed by atoms with van der Waals surface area (Å²) in [5.41, 5.74) is 0.342. The van der Waals surface area contributed by atoms with Gasteiger partial charge in [-0.1, -0.05) is 36.4 Å². The SMILES string of the molecule is CC(=O)OCC=CC1=C(C(=O)O)N2C(=O)[C@@H](NC(=O)CSc3ccc4ccccc4c3)[C@H]2SC1. The van der Waals surface area contributed by atoms with Gasteiger partial charge in [0.25, 0.3) is 5.91 Å². The number of hydrogen-bond acceptors (Lipinski definition) is 7. The van der Waals surface area contributed by atoms with Crippen LogP contribution in [0.1, 0.15) is 6.92 Å². The quantitative estimate of drug-likeness (QED) is 0.325. The molecule has 2 aromatic rings. The van der Waals surface area contributed by atoms with Crippen LogP contribution < -0.4 is 5.32 Å². The van der Waals surface area contributed by atoms with Gasteiger partial charge in [0.05, 0.1) is 5.75 Å². The molecule has 2 atom stereocenters. The number of nitrogens with zero attached hydrogens (tertiary/aromatic N) is 1. The smallest absolute Gasteiger partial charge is 0.352 e. The Morgan fingerprint density at radius 3 is 2.74 bits per heavy atom. The number of carboxylic acids is 1. The standard InChI is InChI=1S/C24H22N2O6S2/c1-14(27)32-10-4-7-17-12-34-23-20(22(29)26(23)21(17)24(30)31)25-19(28)13-33-18-9-8-15-5-2-3-6-16(15)11-18/h2-9,11,20,23H,10,12-13H2,1H3,(H,25,28)(H,30,31)/t20-,23-/m1/s1. The Labute approximate surface area is 204 Å². The molecule has 8 nitrogen and oxygen atoms in total. The lowest BCUT2D eigenvalue weighted by atomic mass is 10.0. The van der Waals surface area contributed by atoms with Crippen molar-refractivity contribution in [3.63, 3.8) is 0 Å². The fourth-order valence-corrected chi connectivity index (χ4v) is 5.82. The average Bonchev–Trinajstić information content (AvgIpc) is 2.82. The van der Waals surface area contributed by atoms with Gasteiger partial charge in [-0.25, -0.2) is 4.79 Å². The fourth-order valence-electron chi connectivity index (χ4n) is 3.75. The number of allylic oxidation sites excluding steroid dienone is 1. The second-order valence-electron chi connectivity index (χ2n) is 7.64. The Hall–Kier alpha value is -3.24. The Morgan fingerprint density at radius 1 is 1.24 bits per heavy atom. The molecule has 0 unspecified atom stereocenters. The fraction of sp³-hybridized carbons (Fsp3) is 0.250. The highest BCUT2D eigenvalue weighted by Gasteiger charge is 2.53. The van der Waals surface area contributed by atoms with Crippen LogP contribution in [-0.4, -0.2) is 63.3 Å². The highest BCUT2D eigenvalue weighted by Crippen LogP contribution is 2.40. The molecule has 2 aliphatic heterocycles. The predicted molar refractivity (Wildman–Crippen MR) is 130 cm³/mol. The van der Waals surface area contributed by atoms with Gasteiger partial charge in [-0.2, -0.15) is 0 Å².